The van der Waals surface area contributed by atoms with Gasteiger partial charge in [-0.1, -0.05) is 37.3 Å². The molecule has 1 unspecified atom stereocenters. The Labute approximate surface area is 102 Å². The highest BCUT2D eigenvalue weighted by atomic mass is 15.0. The Balaban J connectivity index is 2.13. The second kappa shape index (κ2) is 5.43. The lowest BCUT2D eigenvalue weighted by Crippen LogP contribution is -2.13. The van der Waals surface area contributed by atoms with Crippen molar-refractivity contribution in [3.63, 3.8) is 0 Å². The van der Waals surface area contributed by atoms with Gasteiger partial charge in [-0.05, 0) is 13.3 Å². The van der Waals surface area contributed by atoms with E-state index in [1.54, 1.807) is 0 Å². The molecule has 0 bridgehead atoms. The molecule has 0 spiro atoms. The van der Waals surface area contributed by atoms with Crippen LogP contribution in [-0.4, -0.2) is 16.0 Å². The average Bonchev–Trinajstić information content (AvgIpc) is 2.40. The zero-order valence-electron chi connectivity index (χ0n) is 10.2. The monoisotopic (exact) mass is 227 g/mol. The van der Waals surface area contributed by atoms with Crippen LogP contribution in [0.4, 0.5) is 5.69 Å². The van der Waals surface area contributed by atoms with E-state index in [1.165, 1.54) is 0 Å². The molecule has 1 aromatic heterocycles. The summed E-state index contributed by atoms with van der Waals surface area (Å²) in [4.78, 5) is 8.73. The minimum absolute atomic E-state index is 0.446. The SMILES string of the molecule is CCC(C)Nc1cnc(-c2ccccc2)nc1. The molecule has 88 valence electrons. The summed E-state index contributed by atoms with van der Waals surface area (Å²) in [7, 11) is 0. The summed E-state index contributed by atoms with van der Waals surface area (Å²) in [6.07, 6.45) is 4.75. The summed E-state index contributed by atoms with van der Waals surface area (Å²) >= 11 is 0. The molecule has 1 atom stereocenters. The molecule has 0 saturated carbocycles. The molecular formula is C14H17N3. The summed E-state index contributed by atoms with van der Waals surface area (Å²) in [6, 6.07) is 10.4. The van der Waals surface area contributed by atoms with Crippen molar-refractivity contribution >= 4 is 5.69 Å². The number of hydrogen-bond acceptors (Lipinski definition) is 3. The van der Waals surface area contributed by atoms with Gasteiger partial charge in [-0.2, -0.15) is 0 Å². The molecule has 17 heavy (non-hydrogen) atoms. The Kier molecular flexibility index (Phi) is 3.70. The molecule has 3 nitrogen and oxygen atoms in total. The van der Waals surface area contributed by atoms with E-state index in [1.807, 2.05) is 42.7 Å². The minimum Gasteiger partial charge on any atom is -0.380 e. The Morgan fingerprint density at radius 1 is 1.12 bits per heavy atom. The van der Waals surface area contributed by atoms with Crippen molar-refractivity contribution in [1.29, 1.82) is 0 Å². The van der Waals surface area contributed by atoms with Gasteiger partial charge < -0.3 is 5.32 Å². The van der Waals surface area contributed by atoms with Gasteiger partial charge >= 0.3 is 0 Å². The van der Waals surface area contributed by atoms with Crippen molar-refractivity contribution in [3.8, 4) is 11.4 Å². The van der Waals surface area contributed by atoms with Crippen molar-refractivity contribution in [2.24, 2.45) is 0 Å². The van der Waals surface area contributed by atoms with Gasteiger partial charge in [0.15, 0.2) is 5.82 Å². The Morgan fingerprint density at radius 2 is 1.76 bits per heavy atom. The lowest BCUT2D eigenvalue weighted by Gasteiger charge is -2.12. The van der Waals surface area contributed by atoms with Crippen molar-refractivity contribution < 1.29 is 0 Å². The molecule has 0 saturated heterocycles. The molecular weight excluding hydrogens is 210 g/mol. The molecule has 0 fully saturated rings. The van der Waals surface area contributed by atoms with Crippen LogP contribution < -0.4 is 5.32 Å². The number of nitrogens with one attached hydrogen (secondary N) is 1. The normalized spacial score (nSPS) is 12.1. The first-order valence-electron chi connectivity index (χ1n) is 5.93. The Morgan fingerprint density at radius 3 is 2.35 bits per heavy atom. The molecule has 0 aliphatic rings. The van der Waals surface area contributed by atoms with Gasteiger partial charge in [-0.25, -0.2) is 9.97 Å². The van der Waals surface area contributed by atoms with Crippen LogP contribution in [0.15, 0.2) is 42.7 Å². The Hall–Kier alpha value is -1.90. The van der Waals surface area contributed by atoms with Gasteiger partial charge in [0.2, 0.25) is 0 Å². The molecule has 0 amide bonds. The van der Waals surface area contributed by atoms with E-state index < -0.39 is 0 Å². The molecule has 0 radical (unpaired) electrons. The molecule has 2 aromatic rings. The van der Waals surface area contributed by atoms with E-state index in [0.717, 1.165) is 23.5 Å². The van der Waals surface area contributed by atoms with Crippen LogP contribution in [0.1, 0.15) is 20.3 Å². The van der Waals surface area contributed by atoms with Gasteiger partial charge in [0, 0.05) is 11.6 Å². The van der Waals surface area contributed by atoms with Gasteiger partial charge in [-0.15, -0.1) is 0 Å². The first-order valence-corrected chi connectivity index (χ1v) is 5.93. The number of benzene rings is 1. The maximum Gasteiger partial charge on any atom is 0.159 e. The van der Waals surface area contributed by atoms with Gasteiger partial charge in [0.1, 0.15) is 0 Å². The van der Waals surface area contributed by atoms with Crippen LogP contribution in [0.5, 0.6) is 0 Å². The number of nitrogens with zero attached hydrogens (tertiary/aromatic N) is 2. The van der Waals surface area contributed by atoms with Crippen molar-refractivity contribution in [2.45, 2.75) is 26.3 Å². The zero-order valence-corrected chi connectivity index (χ0v) is 10.2. The number of aromatic nitrogens is 2. The minimum atomic E-state index is 0.446. The fourth-order valence-corrected chi connectivity index (χ4v) is 1.53. The topological polar surface area (TPSA) is 37.8 Å². The van der Waals surface area contributed by atoms with E-state index in [2.05, 4.69) is 29.1 Å². The number of hydrogen-bond donors (Lipinski definition) is 1. The molecule has 3 heteroatoms. The predicted octanol–water partition coefficient (Wildman–Crippen LogP) is 3.35. The summed E-state index contributed by atoms with van der Waals surface area (Å²) < 4.78 is 0. The third-order valence-electron chi connectivity index (χ3n) is 2.71. The molecule has 2 rings (SSSR count). The second-order valence-electron chi connectivity index (χ2n) is 4.12. The lowest BCUT2D eigenvalue weighted by molar-refractivity contribution is 0.762. The van der Waals surface area contributed by atoms with Crippen molar-refractivity contribution in [2.75, 3.05) is 5.32 Å². The van der Waals surface area contributed by atoms with E-state index in [0.29, 0.717) is 6.04 Å². The molecule has 1 N–H and O–H groups in total. The fourth-order valence-electron chi connectivity index (χ4n) is 1.53. The summed E-state index contributed by atoms with van der Waals surface area (Å²) in [6.45, 7) is 4.29. The summed E-state index contributed by atoms with van der Waals surface area (Å²) in [5.74, 6) is 0.764. The van der Waals surface area contributed by atoms with E-state index in [-0.39, 0.29) is 0 Å². The van der Waals surface area contributed by atoms with Gasteiger partial charge in [0.05, 0.1) is 18.1 Å². The summed E-state index contributed by atoms with van der Waals surface area (Å²) in [5, 5.41) is 3.35. The third-order valence-corrected chi connectivity index (χ3v) is 2.71. The maximum absolute atomic E-state index is 4.36. The first-order chi connectivity index (χ1) is 8.29. The summed E-state index contributed by atoms with van der Waals surface area (Å²) in [5.41, 5.74) is 2.02. The quantitative estimate of drug-likeness (QED) is 0.870. The molecule has 0 aliphatic carbocycles. The third kappa shape index (κ3) is 3.03. The zero-order chi connectivity index (χ0) is 12.1. The van der Waals surface area contributed by atoms with Crippen molar-refractivity contribution in [1.82, 2.24) is 9.97 Å². The highest BCUT2D eigenvalue weighted by Crippen LogP contribution is 2.15. The lowest BCUT2D eigenvalue weighted by atomic mass is 10.2. The fraction of sp³-hybridized carbons (Fsp3) is 0.286. The van der Waals surface area contributed by atoms with E-state index in [4.69, 9.17) is 0 Å². The highest BCUT2D eigenvalue weighted by Gasteiger charge is 2.02. The average molecular weight is 227 g/mol. The van der Waals surface area contributed by atoms with Crippen LogP contribution in [0.2, 0.25) is 0 Å². The van der Waals surface area contributed by atoms with Crippen LogP contribution in [0, 0.1) is 0 Å². The van der Waals surface area contributed by atoms with E-state index in [9.17, 15) is 0 Å². The molecule has 0 aliphatic heterocycles. The maximum atomic E-state index is 4.36. The van der Waals surface area contributed by atoms with Crippen molar-refractivity contribution in [3.05, 3.63) is 42.7 Å². The van der Waals surface area contributed by atoms with Crippen LogP contribution >= 0.6 is 0 Å². The first kappa shape index (κ1) is 11.6. The number of anilines is 1. The van der Waals surface area contributed by atoms with Crippen LogP contribution in [-0.2, 0) is 0 Å². The largest absolute Gasteiger partial charge is 0.380 e. The Bertz CT molecular complexity index is 451. The standard InChI is InChI=1S/C14H17N3/c1-3-11(2)17-13-9-15-14(16-10-13)12-7-5-4-6-8-12/h4-11,17H,3H2,1-2H3. The van der Waals surface area contributed by atoms with Crippen LogP contribution in [0.3, 0.4) is 0 Å². The smallest absolute Gasteiger partial charge is 0.159 e. The van der Waals surface area contributed by atoms with Crippen LogP contribution in [0.25, 0.3) is 11.4 Å². The second-order valence-corrected chi connectivity index (χ2v) is 4.12. The number of rotatable bonds is 4. The van der Waals surface area contributed by atoms with E-state index >= 15 is 0 Å². The van der Waals surface area contributed by atoms with Gasteiger partial charge in [-0.3, -0.25) is 0 Å². The van der Waals surface area contributed by atoms with Gasteiger partial charge in [0.25, 0.3) is 0 Å². The molecule has 1 aromatic carbocycles. The molecule has 1 heterocycles. The highest BCUT2D eigenvalue weighted by molar-refractivity contribution is 5.55. The predicted molar refractivity (Wildman–Crippen MR) is 70.8 cm³/mol.